The van der Waals surface area contributed by atoms with Gasteiger partial charge in [-0.3, -0.25) is 14.4 Å². The number of likely N-dealkylation sites (N-methyl/N-ethyl adjacent to an activating group) is 1. The smallest absolute Gasteiger partial charge is 0.252 e. The van der Waals surface area contributed by atoms with Crippen LogP contribution in [0.1, 0.15) is 28.9 Å². The maximum atomic E-state index is 13.7. The second-order valence-electron chi connectivity index (χ2n) is 5.57. The molecule has 0 saturated heterocycles. The first-order valence-electron chi connectivity index (χ1n) is 7.77. The molecule has 2 aromatic rings. The number of carbonyl (C=O) groups excluding carboxylic acids is 3. The fourth-order valence-corrected chi connectivity index (χ4v) is 2.30. The molecule has 0 bridgehead atoms. The van der Waals surface area contributed by atoms with Crippen LogP contribution in [0.4, 0.5) is 18.9 Å². The number of benzene rings is 2. The van der Waals surface area contributed by atoms with Crippen molar-refractivity contribution in [3.05, 3.63) is 65.0 Å². The second-order valence-corrected chi connectivity index (χ2v) is 5.57. The minimum atomic E-state index is -1.31. The number of amides is 3. The molecule has 142 valence electrons. The Bertz CT molecular complexity index is 903. The van der Waals surface area contributed by atoms with Gasteiger partial charge >= 0.3 is 0 Å². The molecule has 0 fully saturated rings. The zero-order valence-corrected chi connectivity index (χ0v) is 14.4. The Balaban J connectivity index is 2.32. The molecular formula is C18H16F3N3O3. The predicted octanol–water partition coefficient (Wildman–Crippen LogP) is 2.28. The van der Waals surface area contributed by atoms with Gasteiger partial charge in [0.15, 0.2) is 11.6 Å². The third-order valence-electron chi connectivity index (χ3n) is 3.60. The highest BCUT2D eigenvalue weighted by Gasteiger charge is 2.24. The van der Waals surface area contributed by atoms with E-state index in [1.54, 1.807) is 0 Å². The molecule has 1 atom stereocenters. The van der Waals surface area contributed by atoms with Crippen molar-refractivity contribution in [2.45, 2.75) is 13.0 Å². The summed E-state index contributed by atoms with van der Waals surface area (Å²) in [5.74, 6) is -5.00. The second kappa shape index (κ2) is 8.35. The van der Waals surface area contributed by atoms with E-state index in [-0.39, 0.29) is 16.8 Å². The molecule has 0 aromatic heterocycles. The van der Waals surface area contributed by atoms with Gasteiger partial charge < -0.3 is 16.0 Å². The van der Waals surface area contributed by atoms with E-state index in [1.165, 1.54) is 14.0 Å². The molecule has 0 spiro atoms. The zero-order chi connectivity index (χ0) is 20.1. The lowest BCUT2D eigenvalue weighted by Crippen LogP contribution is -2.39. The highest BCUT2D eigenvalue weighted by molar-refractivity contribution is 5.99. The van der Waals surface area contributed by atoms with Gasteiger partial charge in [0.2, 0.25) is 11.8 Å². The van der Waals surface area contributed by atoms with Gasteiger partial charge in [0, 0.05) is 19.5 Å². The number of rotatable bonds is 5. The number of anilines is 1. The van der Waals surface area contributed by atoms with Crippen LogP contribution in [0.15, 0.2) is 36.4 Å². The van der Waals surface area contributed by atoms with Crippen molar-refractivity contribution in [3.8, 4) is 0 Å². The minimum Gasteiger partial charge on any atom is -0.357 e. The van der Waals surface area contributed by atoms with E-state index in [4.69, 9.17) is 0 Å². The van der Waals surface area contributed by atoms with Crippen LogP contribution in [0.5, 0.6) is 0 Å². The topological polar surface area (TPSA) is 87.3 Å². The van der Waals surface area contributed by atoms with Crippen molar-refractivity contribution < 1.29 is 27.6 Å². The average molecular weight is 379 g/mol. The summed E-state index contributed by atoms with van der Waals surface area (Å²) in [7, 11) is 1.31. The normalized spacial score (nSPS) is 11.4. The van der Waals surface area contributed by atoms with E-state index in [9.17, 15) is 27.6 Å². The van der Waals surface area contributed by atoms with E-state index in [1.807, 2.05) is 0 Å². The molecule has 0 aliphatic heterocycles. The summed E-state index contributed by atoms with van der Waals surface area (Å²) >= 11 is 0. The maximum Gasteiger partial charge on any atom is 0.252 e. The predicted molar refractivity (Wildman–Crippen MR) is 91.3 cm³/mol. The van der Waals surface area contributed by atoms with Crippen molar-refractivity contribution in [2.75, 3.05) is 12.4 Å². The van der Waals surface area contributed by atoms with Crippen LogP contribution in [-0.2, 0) is 9.59 Å². The number of carbonyl (C=O) groups is 3. The number of hydrogen-bond donors (Lipinski definition) is 3. The van der Waals surface area contributed by atoms with Crippen molar-refractivity contribution in [3.63, 3.8) is 0 Å². The summed E-state index contributed by atoms with van der Waals surface area (Å²) in [6, 6.07) is 4.70. The molecule has 0 radical (unpaired) electrons. The number of nitrogens with one attached hydrogen (secondary N) is 3. The molecular weight excluding hydrogens is 363 g/mol. The van der Waals surface area contributed by atoms with Crippen molar-refractivity contribution in [2.24, 2.45) is 0 Å². The third-order valence-corrected chi connectivity index (χ3v) is 3.60. The van der Waals surface area contributed by atoms with E-state index in [0.29, 0.717) is 0 Å². The summed E-state index contributed by atoms with van der Waals surface area (Å²) in [6.07, 6.45) is 0. The molecule has 2 rings (SSSR count). The Morgan fingerprint density at radius 3 is 2.19 bits per heavy atom. The van der Waals surface area contributed by atoms with Gasteiger partial charge in [0.25, 0.3) is 5.91 Å². The number of hydrogen-bond acceptors (Lipinski definition) is 3. The fraction of sp³-hybridized carbons (Fsp3) is 0.167. The van der Waals surface area contributed by atoms with E-state index < -0.39 is 41.2 Å². The van der Waals surface area contributed by atoms with Crippen molar-refractivity contribution in [1.82, 2.24) is 10.6 Å². The Morgan fingerprint density at radius 2 is 1.59 bits per heavy atom. The number of halogens is 3. The van der Waals surface area contributed by atoms with Crippen molar-refractivity contribution in [1.29, 1.82) is 0 Å². The Hall–Kier alpha value is -3.36. The molecule has 2 aromatic carbocycles. The minimum absolute atomic E-state index is 0.0193. The average Bonchev–Trinajstić information content (AvgIpc) is 2.62. The van der Waals surface area contributed by atoms with Crippen LogP contribution >= 0.6 is 0 Å². The fourth-order valence-electron chi connectivity index (χ4n) is 2.30. The van der Waals surface area contributed by atoms with E-state index >= 15 is 0 Å². The van der Waals surface area contributed by atoms with Crippen LogP contribution in [0.3, 0.4) is 0 Å². The quantitative estimate of drug-likeness (QED) is 0.745. The molecule has 27 heavy (non-hydrogen) atoms. The van der Waals surface area contributed by atoms with Gasteiger partial charge in [-0.15, -0.1) is 0 Å². The maximum absolute atomic E-state index is 13.7. The molecule has 0 aliphatic carbocycles. The molecule has 3 N–H and O–H groups in total. The molecule has 0 saturated carbocycles. The first-order valence-corrected chi connectivity index (χ1v) is 7.77. The van der Waals surface area contributed by atoms with Crippen LogP contribution in [0.2, 0.25) is 0 Å². The van der Waals surface area contributed by atoms with Crippen LogP contribution < -0.4 is 16.0 Å². The summed E-state index contributed by atoms with van der Waals surface area (Å²) in [4.78, 5) is 35.6. The summed E-state index contributed by atoms with van der Waals surface area (Å²) < 4.78 is 40.3. The first kappa shape index (κ1) is 20.0. The highest BCUT2D eigenvalue weighted by atomic mass is 19.2. The van der Waals surface area contributed by atoms with Gasteiger partial charge in [-0.1, -0.05) is 6.07 Å². The molecule has 1 unspecified atom stereocenters. The summed E-state index contributed by atoms with van der Waals surface area (Å²) in [5.41, 5.74) is -0.234. The molecule has 0 heterocycles. The summed E-state index contributed by atoms with van der Waals surface area (Å²) in [5, 5.41) is 6.92. The molecule has 3 amide bonds. The lowest BCUT2D eigenvalue weighted by atomic mass is 10.0. The van der Waals surface area contributed by atoms with E-state index in [0.717, 1.165) is 36.4 Å². The van der Waals surface area contributed by atoms with Gasteiger partial charge in [0.1, 0.15) is 11.9 Å². The molecule has 6 nitrogen and oxygen atoms in total. The standard InChI is InChI=1S/C18H16F3N3O3/c1-9(25)23-15-8-11(4-6-13(15)20)17(26)24-16(18(27)22-2)10-3-5-12(19)14(21)7-10/h3-8,16H,1-2H3,(H,22,27)(H,23,25)(H,24,26). The highest BCUT2D eigenvalue weighted by Crippen LogP contribution is 2.20. The third kappa shape index (κ3) is 4.84. The monoisotopic (exact) mass is 379 g/mol. The van der Waals surface area contributed by atoms with Crippen LogP contribution in [0.25, 0.3) is 0 Å². The van der Waals surface area contributed by atoms with Gasteiger partial charge in [0.05, 0.1) is 5.69 Å². The largest absolute Gasteiger partial charge is 0.357 e. The van der Waals surface area contributed by atoms with Gasteiger partial charge in [-0.05, 0) is 35.9 Å². The SMILES string of the molecule is CNC(=O)C(NC(=O)c1ccc(F)c(NC(C)=O)c1)c1ccc(F)c(F)c1. The Labute approximate surface area is 152 Å². The lowest BCUT2D eigenvalue weighted by Gasteiger charge is -2.18. The van der Waals surface area contributed by atoms with Crippen LogP contribution in [-0.4, -0.2) is 24.8 Å². The van der Waals surface area contributed by atoms with Gasteiger partial charge in [-0.25, -0.2) is 13.2 Å². The Morgan fingerprint density at radius 1 is 0.926 bits per heavy atom. The summed E-state index contributed by atoms with van der Waals surface area (Å²) in [6.45, 7) is 1.18. The zero-order valence-electron chi connectivity index (χ0n) is 14.4. The molecule has 9 heteroatoms. The van der Waals surface area contributed by atoms with Crippen molar-refractivity contribution >= 4 is 23.4 Å². The first-order chi connectivity index (χ1) is 12.7. The van der Waals surface area contributed by atoms with E-state index in [2.05, 4.69) is 16.0 Å². The van der Waals surface area contributed by atoms with Gasteiger partial charge in [-0.2, -0.15) is 0 Å². The Kier molecular flexibility index (Phi) is 6.17. The lowest BCUT2D eigenvalue weighted by molar-refractivity contribution is -0.122. The molecule has 0 aliphatic rings. The van der Waals surface area contributed by atoms with Crippen LogP contribution in [0, 0.1) is 17.5 Å².